The Balaban J connectivity index is 1.26. The van der Waals surface area contributed by atoms with Crippen LogP contribution in [0.1, 0.15) is 0 Å². The lowest BCUT2D eigenvalue weighted by atomic mass is 10.4. The molecule has 0 bridgehead atoms. The fraction of sp³-hybridized carbons (Fsp3) is 0. The first kappa shape index (κ1) is 42.6. The van der Waals surface area contributed by atoms with Crippen LogP contribution in [0.2, 0.25) is 0 Å². The van der Waals surface area contributed by atoms with Crippen LogP contribution in [-0.2, 0) is 0 Å². The van der Waals surface area contributed by atoms with Crippen molar-refractivity contribution in [3.8, 4) is 18.0 Å². The molecule has 1 heterocycles. The molecule has 6 nitrogen and oxygen atoms in total. The summed E-state index contributed by atoms with van der Waals surface area (Å²) in [5.41, 5.74) is 0. The summed E-state index contributed by atoms with van der Waals surface area (Å²) < 4.78 is 22.9. The van der Waals surface area contributed by atoms with Crippen LogP contribution in [0.25, 0.3) is 0 Å². The average molecular weight is 913 g/mol. The molecule has 66 heavy (non-hydrogen) atoms. The first-order valence-corrected chi connectivity index (χ1v) is 26.8. The lowest BCUT2D eigenvalue weighted by molar-refractivity contribution is 0.464. The van der Waals surface area contributed by atoms with Gasteiger partial charge in [-0.15, -0.1) is 15.0 Å². The predicted molar refractivity (Wildman–Crippen MR) is 277 cm³/mol. The highest BCUT2D eigenvalue weighted by atomic mass is 31.2. The minimum absolute atomic E-state index is 0.0689. The van der Waals surface area contributed by atoms with Gasteiger partial charge in [-0.2, -0.15) is 0 Å². The number of hydrogen-bond donors (Lipinski definition) is 0. The second-order valence-electron chi connectivity index (χ2n) is 15.3. The Morgan fingerprint density at radius 1 is 0.182 bits per heavy atom. The van der Waals surface area contributed by atoms with Gasteiger partial charge in [0.05, 0.1) is 0 Å². The van der Waals surface area contributed by atoms with Crippen LogP contribution in [-0.4, -0.2) is 15.0 Å². The van der Waals surface area contributed by atoms with Gasteiger partial charge in [-0.3, -0.25) is 13.6 Å². The number of aromatic nitrogens is 3. The fourth-order valence-electron chi connectivity index (χ4n) is 8.37. The van der Waals surface area contributed by atoms with Gasteiger partial charge in [0.2, 0.25) is 0 Å². The Hall–Kier alpha value is -7.32. The van der Waals surface area contributed by atoms with Gasteiger partial charge >= 0.3 is 18.0 Å². The van der Waals surface area contributed by atoms with Crippen LogP contribution in [0.15, 0.2) is 273 Å². The Bertz CT molecular complexity index is 2450. The van der Waals surface area contributed by atoms with E-state index in [1.54, 1.807) is 0 Å². The molecule has 9 heteroatoms. The van der Waals surface area contributed by atoms with E-state index in [2.05, 4.69) is 109 Å². The molecule has 0 amide bonds. The summed E-state index contributed by atoms with van der Waals surface area (Å²) in [5, 5.41) is 8.93. The zero-order valence-corrected chi connectivity index (χ0v) is 38.6. The molecule has 0 aliphatic heterocycles. The molecule has 0 N–H and O–H groups in total. The molecule has 0 spiro atoms. The maximum atomic E-state index is 7.62. The largest absolute Gasteiger partial charge is 0.372 e. The molecule has 10 rings (SSSR count). The van der Waals surface area contributed by atoms with Crippen molar-refractivity contribution >= 4 is 70.2 Å². The third-order valence-corrected chi connectivity index (χ3v) is 21.8. The van der Waals surface area contributed by atoms with Crippen molar-refractivity contribution in [3.05, 3.63) is 273 Å². The molecule has 0 aliphatic rings. The molecular weight excluding hydrogens is 868 g/mol. The molecule has 0 atom stereocenters. The summed E-state index contributed by atoms with van der Waals surface area (Å²) in [5.74, 6) is 0. The van der Waals surface area contributed by atoms with Crippen molar-refractivity contribution in [2.45, 2.75) is 0 Å². The predicted octanol–water partition coefficient (Wildman–Crippen LogP) is 9.74. The van der Waals surface area contributed by atoms with E-state index in [-0.39, 0.29) is 18.0 Å². The van der Waals surface area contributed by atoms with E-state index in [9.17, 15) is 0 Å². The van der Waals surface area contributed by atoms with Crippen molar-refractivity contribution in [2.24, 2.45) is 0 Å². The smallest absolute Gasteiger partial charge is 0.293 e. The standard InChI is InChI=1S/C57H45N3O3P3/c1-10-28-46(29-11-1)64(47-30-12-2-13-31-47,48-32-14-3-15-33-48)61-55-58-56(62-65(49-34-16-4-17-35-49,50-36-18-5-19-37-50)51-38-20-6-21-39-51)60-57(59-55)63-66(52-40-22-7-23-41-52,53-42-24-8-25-43-53)54-44-26-9-27-45-54/h1-45H/q+3. The SMILES string of the molecule is c1ccc([P+](Oc2nc(O[P+](c3ccccc3)(c3ccccc3)c3ccccc3)nc(O[P+](c3ccccc3)(c3ccccc3)c3ccccc3)n2)(c2ccccc2)c2ccccc2)cc1. The highest BCUT2D eigenvalue weighted by molar-refractivity contribution is 7.93. The first-order chi connectivity index (χ1) is 32.7. The van der Waals surface area contributed by atoms with E-state index < -0.39 is 22.5 Å². The number of hydrogen-bond acceptors (Lipinski definition) is 6. The molecule has 0 aliphatic carbocycles. The van der Waals surface area contributed by atoms with E-state index in [0.29, 0.717) is 0 Å². The zero-order valence-electron chi connectivity index (χ0n) is 35.9. The molecule has 1 aromatic heterocycles. The van der Waals surface area contributed by atoms with Crippen LogP contribution in [0.3, 0.4) is 0 Å². The molecule has 0 unspecified atom stereocenters. The number of benzene rings is 9. The summed E-state index contributed by atoms with van der Waals surface area (Å²) in [6.45, 7) is 0. The highest BCUT2D eigenvalue weighted by Gasteiger charge is 2.55. The fourth-order valence-corrected chi connectivity index (χ4v) is 18.3. The van der Waals surface area contributed by atoms with E-state index in [4.69, 9.17) is 28.5 Å². The Labute approximate surface area is 387 Å². The quantitative estimate of drug-likeness (QED) is 0.0956. The van der Waals surface area contributed by atoms with Crippen molar-refractivity contribution in [1.29, 1.82) is 0 Å². The summed E-state index contributed by atoms with van der Waals surface area (Å²) in [6.07, 6.45) is 0. The maximum absolute atomic E-state index is 7.62. The minimum atomic E-state index is -3.01. The first-order valence-electron chi connectivity index (χ1n) is 21.7. The molecule has 0 saturated heterocycles. The summed E-state index contributed by atoms with van der Waals surface area (Å²) >= 11 is 0. The normalized spacial score (nSPS) is 11.6. The molecular formula is C57H45N3O3P3+3. The van der Waals surface area contributed by atoms with Crippen molar-refractivity contribution in [3.63, 3.8) is 0 Å². The van der Waals surface area contributed by atoms with Crippen LogP contribution < -0.4 is 61.3 Å². The van der Waals surface area contributed by atoms with Crippen LogP contribution in [0, 0.1) is 0 Å². The van der Waals surface area contributed by atoms with Gasteiger partial charge in [-0.1, -0.05) is 164 Å². The number of nitrogens with zero attached hydrogens (tertiary/aromatic N) is 3. The van der Waals surface area contributed by atoms with E-state index in [0.717, 1.165) is 47.7 Å². The van der Waals surface area contributed by atoms with Gasteiger partial charge < -0.3 is 0 Å². The van der Waals surface area contributed by atoms with Crippen molar-refractivity contribution in [2.75, 3.05) is 0 Å². The van der Waals surface area contributed by atoms with Gasteiger partial charge in [-0.25, -0.2) is 0 Å². The maximum Gasteiger partial charge on any atom is 0.372 e. The minimum Gasteiger partial charge on any atom is -0.293 e. The van der Waals surface area contributed by atoms with E-state index in [1.165, 1.54) is 0 Å². The third-order valence-electron chi connectivity index (χ3n) is 11.3. The molecule has 9 aromatic carbocycles. The Morgan fingerprint density at radius 3 is 0.424 bits per heavy atom. The second-order valence-corrected chi connectivity index (χ2v) is 24.2. The zero-order chi connectivity index (χ0) is 44.5. The van der Waals surface area contributed by atoms with Crippen LogP contribution in [0.4, 0.5) is 0 Å². The highest BCUT2D eigenvalue weighted by Crippen LogP contribution is 2.60. The van der Waals surface area contributed by atoms with Crippen LogP contribution >= 0.6 is 22.5 Å². The molecule has 0 fully saturated rings. The second kappa shape index (κ2) is 19.4. The van der Waals surface area contributed by atoms with Gasteiger partial charge in [0, 0.05) is 0 Å². The summed E-state index contributed by atoms with van der Waals surface area (Å²) in [4.78, 5) is 15.7. The summed E-state index contributed by atoms with van der Waals surface area (Å²) in [7, 11) is -9.03. The molecule has 10 aromatic rings. The van der Waals surface area contributed by atoms with Crippen molar-refractivity contribution < 1.29 is 13.6 Å². The van der Waals surface area contributed by atoms with Gasteiger partial charge in [0.15, 0.2) is 0 Å². The Morgan fingerprint density at radius 2 is 0.303 bits per heavy atom. The molecule has 318 valence electrons. The van der Waals surface area contributed by atoms with Crippen molar-refractivity contribution in [1.82, 2.24) is 15.0 Å². The van der Waals surface area contributed by atoms with Gasteiger partial charge in [0.25, 0.3) is 22.5 Å². The lowest BCUT2D eigenvalue weighted by Gasteiger charge is -2.27. The van der Waals surface area contributed by atoms with Gasteiger partial charge in [0.1, 0.15) is 47.7 Å². The average Bonchev–Trinajstić information content (AvgIpc) is 3.41. The van der Waals surface area contributed by atoms with E-state index in [1.807, 2.05) is 164 Å². The molecule has 0 saturated carbocycles. The Kier molecular flexibility index (Phi) is 12.5. The molecule has 0 radical (unpaired) electrons. The lowest BCUT2D eigenvalue weighted by Crippen LogP contribution is -2.36. The van der Waals surface area contributed by atoms with Crippen LogP contribution in [0.5, 0.6) is 18.0 Å². The topological polar surface area (TPSA) is 66.4 Å². The third kappa shape index (κ3) is 8.28. The van der Waals surface area contributed by atoms with Gasteiger partial charge in [-0.05, 0) is 109 Å². The summed E-state index contributed by atoms with van der Waals surface area (Å²) in [6, 6.07) is 93.5. The monoisotopic (exact) mass is 912 g/mol. The number of rotatable bonds is 15. The van der Waals surface area contributed by atoms with E-state index >= 15 is 0 Å².